The van der Waals surface area contributed by atoms with Gasteiger partial charge in [-0.1, -0.05) is 11.6 Å². The molecule has 8 nitrogen and oxygen atoms in total. The quantitative estimate of drug-likeness (QED) is 0.763. The Hall–Kier alpha value is -2.13. The molecule has 10 heteroatoms. The van der Waals surface area contributed by atoms with E-state index in [1.54, 1.807) is 0 Å². The summed E-state index contributed by atoms with van der Waals surface area (Å²) in [4.78, 5) is 34.6. The molecular weight excluding hydrogens is 348 g/mol. The summed E-state index contributed by atoms with van der Waals surface area (Å²) in [6.45, 7) is 1.25. The van der Waals surface area contributed by atoms with Crippen molar-refractivity contribution in [1.82, 2.24) is 10.6 Å². The maximum Gasteiger partial charge on any atom is 0.340 e. The van der Waals surface area contributed by atoms with Gasteiger partial charge in [-0.05, 0) is 25.1 Å². The number of benzene rings is 1. The summed E-state index contributed by atoms with van der Waals surface area (Å²) >= 11 is 5.85. The molecule has 0 spiro atoms. The zero-order valence-electron chi connectivity index (χ0n) is 12.5. The predicted molar refractivity (Wildman–Crippen MR) is 82.0 cm³/mol. The van der Waals surface area contributed by atoms with Gasteiger partial charge in [0.2, 0.25) is 0 Å². The van der Waals surface area contributed by atoms with Crippen LogP contribution in [0.1, 0.15) is 17.3 Å². The van der Waals surface area contributed by atoms with E-state index in [4.69, 9.17) is 16.3 Å². The fourth-order valence-electron chi connectivity index (χ4n) is 1.45. The number of sulfone groups is 1. The second-order valence-corrected chi connectivity index (χ2v) is 6.95. The molecular formula is C13H15ClN2O6S. The number of hydrogen-bond donors (Lipinski definition) is 2. The number of ether oxygens (including phenoxy) is 1. The van der Waals surface area contributed by atoms with Crippen molar-refractivity contribution in [3.63, 3.8) is 0 Å². The average Bonchev–Trinajstić information content (AvgIpc) is 2.45. The third-order valence-electron chi connectivity index (χ3n) is 2.70. The number of carbonyl (C=O) groups is 3. The molecule has 1 atom stereocenters. The Labute approximate surface area is 138 Å². The van der Waals surface area contributed by atoms with E-state index in [0.29, 0.717) is 0 Å². The van der Waals surface area contributed by atoms with Crippen LogP contribution in [-0.4, -0.2) is 45.7 Å². The average molecular weight is 363 g/mol. The van der Waals surface area contributed by atoms with Gasteiger partial charge in [0, 0.05) is 13.3 Å². The molecule has 0 aliphatic carbocycles. The second kappa shape index (κ2) is 7.42. The van der Waals surface area contributed by atoms with Crippen LogP contribution in [-0.2, 0) is 19.4 Å². The summed E-state index contributed by atoms with van der Waals surface area (Å²) in [5, 5.41) is 4.08. The predicted octanol–water partition coefficient (Wildman–Crippen LogP) is 0.744. The molecule has 3 amide bonds. The molecule has 2 N–H and O–H groups in total. The molecule has 23 heavy (non-hydrogen) atoms. The van der Waals surface area contributed by atoms with Crippen LogP contribution in [0.4, 0.5) is 4.79 Å². The van der Waals surface area contributed by atoms with Crippen LogP contribution >= 0.6 is 11.6 Å². The van der Waals surface area contributed by atoms with E-state index in [1.165, 1.54) is 26.1 Å². The van der Waals surface area contributed by atoms with Crippen LogP contribution in [0.2, 0.25) is 5.02 Å². The lowest BCUT2D eigenvalue weighted by atomic mass is 10.2. The molecule has 0 fully saturated rings. The monoisotopic (exact) mass is 362 g/mol. The molecule has 1 aromatic carbocycles. The molecule has 0 radical (unpaired) electrons. The molecule has 0 heterocycles. The van der Waals surface area contributed by atoms with Crippen molar-refractivity contribution in [1.29, 1.82) is 0 Å². The van der Waals surface area contributed by atoms with E-state index < -0.39 is 33.8 Å². The number of nitrogens with one attached hydrogen (secondary N) is 2. The minimum atomic E-state index is -3.54. The Morgan fingerprint density at radius 2 is 1.87 bits per heavy atom. The lowest BCUT2D eigenvalue weighted by Gasteiger charge is -2.13. The van der Waals surface area contributed by atoms with Gasteiger partial charge < -0.3 is 10.1 Å². The number of esters is 1. The van der Waals surface area contributed by atoms with Crippen molar-refractivity contribution in [3.05, 3.63) is 28.8 Å². The standard InChI is InChI=1S/C13H15ClN2O6S/c1-7(11(17)16-13(19)15-2)22-12(18)9-6-8(23(3,20)21)4-5-10(9)14/h4-7H,1-3H3,(H2,15,16,17,19). The first-order chi connectivity index (χ1) is 10.6. The lowest BCUT2D eigenvalue weighted by Crippen LogP contribution is -2.43. The molecule has 126 valence electrons. The van der Waals surface area contributed by atoms with Crippen molar-refractivity contribution in [2.45, 2.75) is 17.9 Å². The van der Waals surface area contributed by atoms with Crippen molar-refractivity contribution in [3.8, 4) is 0 Å². The van der Waals surface area contributed by atoms with Gasteiger partial charge in [-0.15, -0.1) is 0 Å². The molecule has 0 aliphatic rings. The molecule has 1 aromatic rings. The van der Waals surface area contributed by atoms with Crippen LogP contribution in [0.3, 0.4) is 0 Å². The Morgan fingerprint density at radius 1 is 1.26 bits per heavy atom. The molecule has 0 aliphatic heterocycles. The van der Waals surface area contributed by atoms with Gasteiger partial charge in [0.25, 0.3) is 5.91 Å². The molecule has 1 unspecified atom stereocenters. The number of urea groups is 1. The highest BCUT2D eigenvalue weighted by atomic mass is 35.5. The molecule has 0 bridgehead atoms. The number of carbonyl (C=O) groups excluding carboxylic acids is 3. The van der Waals surface area contributed by atoms with Crippen molar-refractivity contribution < 1.29 is 27.5 Å². The van der Waals surface area contributed by atoms with Crippen LogP contribution in [0.5, 0.6) is 0 Å². The first-order valence-electron chi connectivity index (χ1n) is 6.29. The summed E-state index contributed by atoms with van der Waals surface area (Å²) in [6.07, 6.45) is -0.303. The van der Waals surface area contributed by atoms with Crippen molar-refractivity contribution in [2.24, 2.45) is 0 Å². The maximum atomic E-state index is 12.0. The lowest BCUT2D eigenvalue weighted by molar-refractivity contribution is -0.127. The van der Waals surface area contributed by atoms with E-state index in [-0.39, 0.29) is 15.5 Å². The van der Waals surface area contributed by atoms with Crippen LogP contribution in [0.25, 0.3) is 0 Å². The fourth-order valence-corrected chi connectivity index (χ4v) is 2.29. The molecule has 0 saturated carbocycles. The zero-order chi connectivity index (χ0) is 17.8. The number of rotatable bonds is 4. The summed E-state index contributed by atoms with van der Waals surface area (Å²) in [5.74, 6) is -1.83. The summed E-state index contributed by atoms with van der Waals surface area (Å²) < 4.78 is 27.9. The number of halogens is 1. The minimum Gasteiger partial charge on any atom is -0.449 e. The van der Waals surface area contributed by atoms with Crippen LogP contribution < -0.4 is 10.6 Å². The van der Waals surface area contributed by atoms with E-state index in [0.717, 1.165) is 12.3 Å². The topological polar surface area (TPSA) is 119 Å². The Balaban J connectivity index is 2.94. The van der Waals surface area contributed by atoms with Crippen LogP contribution in [0.15, 0.2) is 23.1 Å². The first-order valence-corrected chi connectivity index (χ1v) is 8.56. The summed E-state index contributed by atoms with van der Waals surface area (Å²) in [7, 11) is -2.22. The van der Waals surface area contributed by atoms with E-state index in [9.17, 15) is 22.8 Å². The van der Waals surface area contributed by atoms with Crippen LogP contribution in [0, 0.1) is 0 Å². The van der Waals surface area contributed by atoms with Gasteiger partial charge in [0.05, 0.1) is 15.5 Å². The minimum absolute atomic E-state index is 0.0266. The highest BCUT2D eigenvalue weighted by Gasteiger charge is 2.23. The zero-order valence-corrected chi connectivity index (χ0v) is 14.1. The smallest absolute Gasteiger partial charge is 0.340 e. The van der Waals surface area contributed by atoms with Crippen molar-refractivity contribution >= 4 is 39.3 Å². The highest BCUT2D eigenvalue weighted by molar-refractivity contribution is 7.90. The normalized spacial score (nSPS) is 12.2. The maximum absolute atomic E-state index is 12.0. The van der Waals surface area contributed by atoms with E-state index >= 15 is 0 Å². The van der Waals surface area contributed by atoms with Gasteiger partial charge in [-0.25, -0.2) is 18.0 Å². The molecule has 1 rings (SSSR count). The van der Waals surface area contributed by atoms with E-state index in [1.807, 2.05) is 5.32 Å². The first kappa shape index (κ1) is 18.9. The van der Waals surface area contributed by atoms with Crippen molar-refractivity contribution in [2.75, 3.05) is 13.3 Å². The number of hydrogen-bond acceptors (Lipinski definition) is 6. The van der Waals surface area contributed by atoms with Gasteiger partial charge in [-0.3, -0.25) is 10.1 Å². The molecule has 0 saturated heterocycles. The summed E-state index contributed by atoms with van der Waals surface area (Å²) in [5.41, 5.74) is -0.200. The third kappa shape index (κ3) is 5.22. The molecule has 0 aromatic heterocycles. The Morgan fingerprint density at radius 3 is 2.39 bits per heavy atom. The summed E-state index contributed by atoms with van der Waals surface area (Å²) in [6, 6.07) is 2.79. The fraction of sp³-hybridized carbons (Fsp3) is 0.308. The van der Waals surface area contributed by atoms with E-state index in [2.05, 4.69) is 5.32 Å². The Kier molecular flexibility index (Phi) is 6.11. The van der Waals surface area contributed by atoms with Gasteiger partial charge >= 0.3 is 12.0 Å². The SMILES string of the molecule is CNC(=O)NC(=O)C(C)OC(=O)c1cc(S(C)(=O)=O)ccc1Cl. The highest BCUT2D eigenvalue weighted by Crippen LogP contribution is 2.21. The van der Waals surface area contributed by atoms with Gasteiger partial charge in [-0.2, -0.15) is 0 Å². The largest absolute Gasteiger partial charge is 0.449 e. The number of imide groups is 1. The van der Waals surface area contributed by atoms with Gasteiger partial charge in [0.15, 0.2) is 15.9 Å². The second-order valence-electron chi connectivity index (χ2n) is 4.53. The number of amides is 3. The Bertz CT molecular complexity index is 747. The van der Waals surface area contributed by atoms with Gasteiger partial charge in [0.1, 0.15) is 0 Å². The third-order valence-corrected chi connectivity index (χ3v) is 4.14.